The van der Waals surface area contributed by atoms with Gasteiger partial charge in [0.15, 0.2) is 5.78 Å². The van der Waals surface area contributed by atoms with Crippen molar-refractivity contribution in [2.24, 2.45) is 23.2 Å². The first kappa shape index (κ1) is 36.1. The monoisotopic (exact) mass is 870 g/mol. The number of fused-ring (bicyclic) bond motifs is 1. The van der Waals surface area contributed by atoms with Crippen LogP contribution in [0.3, 0.4) is 0 Å². The number of nitrogens with zero attached hydrogens (tertiary/aromatic N) is 3. The normalized spacial score (nSPS) is 25.5. The number of alkyl carbamates (subject to hydrolysis) is 1. The second-order valence-corrected chi connectivity index (χ2v) is 14.0. The number of hydrogen-bond acceptors (Lipinski definition) is 8. The summed E-state index contributed by atoms with van der Waals surface area (Å²) >= 11 is 0. The minimum atomic E-state index is -0.802. The van der Waals surface area contributed by atoms with Crippen LogP contribution in [0.15, 0.2) is 18.2 Å². The minimum Gasteiger partial charge on any atom is -0.498 e. The summed E-state index contributed by atoms with van der Waals surface area (Å²) in [6.07, 6.45) is 14.9. The third-order valence-corrected chi connectivity index (χ3v) is 10.5. The van der Waals surface area contributed by atoms with Gasteiger partial charge in [0.25, 0.3) is 0 Å². The zero-order valence-electron chi connectivity index (χ0n) is 28.0. The molecular formula is C36H48N4O6U. The molecule has 3 heterocycles. The second-order valence-electron chi connectivity index (χ2n) is 14.0. The number of carbonyl (C=O) groups is 3. The van der Waals surface area contributed by atoms with Crippen LogP contribution in [0.25, 0.3) is 11.0 Å². The number of ether oxygens (including phenoxy) is 3. The molecule has 0 radical (unpaired) electrons. The van der Waals surface area contributed by atoms with Crippen molar-refractivity contribution in [2.45, 2.75) is 103 Å². The maximum Gasteiger partial charge on any atom is 2.00 e. The topological polar surface area (TPSA) is 120 Å². The molecule has 2 aromatic rings. The van der Waals surface area contributed by atoms with Crippen molar-refractivity contribution in [1.29, 1.82) is 0 Å². The van der Waals surface area contributed by atoms with E-state index in [9.17, 15) is 14.4 Å². The summed E-state index contributed by atoms with van der Waals surface area (Å²) < 4.78 is 16.8. The molecule has 11 heteroatoms. The Bertz CT molecular complexity index is 1420. The Morgan fingerprint density at radius 1 is 1.15 bits per heavy atom. The number of rotatable bonds is 14. The van der Waals surface area contributed by atoms with Crippen molar-refractivity contribution in [3.05, 3.63) is 36.5 Å². The van der Waals surface area contributed by atoms with E-state index in [4.69, 9.17) is 19.2 Å². The van der Waals surface area contributed by atoms with E-state index < -0.39 is 23.6 Å². The molecule has 2 amide bonds. The number of unbranched alkanes of at least 4 members (excludes halogenated alkanes) is 2. The number of ketones is 1. The van der Waals surface area contributed by atoms with Crippen LogP contribution in [0.1, 0.15) is 83.7 Å². The van der Waals surface area contributed by atoms with Gasteiger partial charge in [0.05, 0.1) is 26.4 Å². The first-order valence-corrected chi connectivity index (χ1v) is 17.2. The van der Waals surface area contributed by atoms with Gasteiger partial charge in [-0.25, -0.2) is 4.79 Å². The molecule has 5 atom stereocenters. The van der Waals surface area contributed by atoms with Crippen LogP contribution in [0.4, 0.5) is 4.79 Å². The van der Waals surface area contributed by atoms with Crippen LogP contribution in [0.2, 0.25) is 0 Å². The quantitative estimate of drug-likeness (QED) is 0.202. The van der Waals surface area contributed by atoms with E-state index in [2.05, 4.69) is 29.8 Å². The molecule has 0 unspecified atom stereocenters. The molecule has 4 fully saturated rings. The summed E-state index contributed by atoms with van der Waals surface area (Å²) in [4.78, 5) is 51.5. The van der Waals surface area contributed by atoms with Crippen LogP contribution >= 0.6 is 0 Å². The van der Waals surface area contributed by atoms with Crippen molar-refractivity contribution in [3.63, 3.8) is 0 Å². The molecular weight excluding hydrogens is 822 g/mol. The number of aryl methyl sites for hydroxylation is 1. The van der Waals surface area contributed by atoms with Gasteiger partial charge in [-0.3, -0.25) is 14.6 Å². The fourth-order valence-corrected chi connectivity index (χ4v) is 7.48. The Kier molecular flexibility index (Phi) is 12.3. The molecule has 2 saturated carbocycles. The van der Waals surface area contributed by atoms with Crippen LogP contribution in [-0.2, 0) is 25.5 Å². The molecule has 2 aliphatic carbocycles. The zero-order valence-corrected chi connectivity index (χ0v) is 32.1. The maximum absolute atomic E-state index is 14.0. The molecule has 2 aliphatic heterocycles. The first-order chi connectivity index (χ1) is 22.3. The molecule has 10 nitrogen and oxygen atoms in total. The standard InChI is InChI=1S/C36H48N4O6.U/c1-4-23-17-18-40(31(23)32(41)25-13-14-25)34(42)33(36(2)21-45-22-36)39-35(43)46-30-12-8-10-24(30)9-6-5-7-11-26-20-37-29-19-27(44-3)15-16-28(29)38-26;/h15-17,19,23-25,30-31,33H,4-14,18,21-22H2,1-3H3,(H,39,43);/q-2;+2/t23-,24-,30-,31+,33-;/m1./s1. The summed E-state index contributed by atoms with van der Waals surface area (Å²) in [5, 5.41) is 2.95. The zero-order chi connectivity index (χ0) is 32.3. The van der Waals surface area contributed by atoms with Gasteiger partial charge in [-0.2, -0.15) is 0 Å². The number of amides is 2. The summed E-state index contributed by atoms with van der Waals surface area (Å²) in [5.41, 5.74) is 1.95. The Hall–Kier alpha value is -2.22. The minimum absolute atomic E-state index is 0. The molecule has 2 saturated heterocycles. The van der Waals surface area contributed by atoms with Gasteiger partial charge in [0.2, 0.25) is 5.91 Å². The third-order valence-electron chi connectivity index (χ3n) is 10.5. The number of Topliss-reactive ketones (excluding diaryl/α,β-unsaturated/α-hetero) is 1. The summed E-state index contributed by atoms with van der Waals surface area (Å²) in [5.74, 6) is 1.15. The molecule has 47 heavy (non-hydrogen) atoms. The van der Waals surface area contributed by atoms with E-state index in [-0.39, 0.29) is 60.7 Å². The van der Waals surface area contributed by atoms with Gasteiger partial charge < -0.3 is 35.8 Å². The molecule has 0 spiro atoms. The molecule has 1 N–H and O–H groups in total. The second kappa shape index (κ2) is 16.0. The number of nitrogens with one attached hydrogen (secondary N) is 1. The van der Waals surface area contributed by atoms with E-state index in [1.165, 1.54) is 0 Å². The number of hydrogen-bond donors (Lipinski definition) is 1. The average molecular weight is 871 g/mol. The largest absolute Gasteiger partial charge is 2.00 e. The van der Waals surface area contributed by atoms with E-state index >= 15 is 0 Å². The van der Waals surface area contributed by atoms with Crippen molar-refractivity contribution < 1.29 is 59.7 Å². The van der Waals surface area contributed by atoms with Crippen molar-refractivity contribution >= 4 is 28.8 Å². The van der Waals surface area contributed by atoms with Gasteiger partial charge >= 0.3 is 37.2 Å². The third kappa shape index (κ3) is 8.33. The summed E-state index contributed by atoms with van der Waals surface area (Å²) in [6.45, 7) is 5.21. The van der Waals surface area contributed by atoms with E-state index in [0.717, 1.165) is 93.1 Å². The Labute approximate surface area is 302 Å². The van der Waals surface area contributed by atoms with Gasteiger partial charge in [0, 0.05) is 16.8 Å². The molecule has 6 rings (SSSR count). The van der Waals surface area contributed by atoms with Crippen molar-refractivity contribution in [1.82, 2.24) is 20.2 Å². The van der Waals surface area contributed by atoms with Crippen LogP contribution < -0.4 is 10.1 Å². The Morgan fingerprint density at radius 3 is 2.66 bits per heavy atom. The average Bonchev–Trinajstić information content (AvgIpc) is 3.67. The smallest absolute Gasteiger partial charge is 0.498 e. The Morgan fingerprint density at radius 2 is 1.96 bits per heavy atom. The predicted octanol–water partition coefficient (Wildman–Crippen LogP) is 5.26. The number of likely N-dealkylation sites (tertiary alicyclic amines) is 1. The Balaban J connectivity index is 0.00000433. The van der Waals surface area contributed by atoms with Gasteiger partial charge in [-0.05, 0) is 75.1 Å². The van der Waals surface area contributed by atoms with Crippen molar-refractivity contribution in [3.8, 4) is 5.75 Å². The first-order valence-electron chi connectivity index (χ1n) is 17.2. The molecule has 1 aromatic carbocycles. The fourth-order valence-electron chi connectivity index (χ4n) is 7.48. The number of methoxy groups -OCH3 is 1. The van der Waals surface area contributed by atoms with E-state index in [1.807, 2.05) is 25.1 Å². The molecule has 1 aromatic heterocycles. The number of benzene rings is 1. The summed E-state index contributed by atoms with van der Waals surface area (Å²) in [7, 11) is 1.64. The molecule has 0 bridgehead atoms. The van der Waals surface area contributed by atoms with Crippen molar-refractivity contribution in [2.75, 3.05) is 26.9 Å². The molecule has 4 aliphatic rings. The maximum atomic E-state index is 14.0. The number of carbonyl (C=O) groups excluding carboxylic acids is 3. The fraction of sp³-hybridized carbons (Fsp3) is 0.667. The SMILES string of the molecule is CC[C@@H]1[CH-]CN(C(=O)[C@@H](NC(=O)O[C@@H]2CCC[C@H]2CCCCCc2[c-]nc3cc(OC)ccc3n2)C2(C)COC2)[C@@H]1C(=O)C1CC1.[U+2]. The van der Waals surface area contributed by atoms with E-state index in [1.54, 1.807) is 12.0 Å². The van der Waals surface area contributed by atoms with Crippen LogP contribution in [0.5, 0.6) is 5.75 Å². The number of aromatic nitrogens is 2. The van der Waals surface area contributed by atoms with Gasteiger partial charge in [-0.1, -0.05) is 44.7 Å². The van der Waals surface area contributed by atoms with Crippen LogP contribution in [-0.4, -0.2) is 77.7 Å². The van der Waals surface area contributed by atoms with Gasteiger partial charge in [0.1, 0.15) is 17.9 Å². The predicted molar refractivity (Wildman–Crippen MR) is 172 cm³/mol. The van der Waals surface area contributed by atoms with Crippen LogP contribution in [0, 0.1) is 66.9 Å². The van der Waals surface area contributed by atoms with E-state index in [0.29, 0.717) is 25.7 Å². The van der Waals surface area contributed by atoms with Gasteiger partial charge in [-0.15, -0.1) is 18.7 Å². The summed E-state index contributed by atoms with van der Waals surface area (Å²) in [6, 6.07) is 4.44. The molecule has 252 valence electrons.